The van der Waals surface area contributed by atoms with E-state index >= 15 is 0 Å². The SMILES string of the molecule is CCOC(=O)NS(=O)(=O)NCC1CCC(C)NC1. The highest BCUT2D eigenvalue weighted by molar-refractivity contribution is 7.88. The van der Waals surface area contributed by atoms with Gasteiger partial charge in [0.15, 0.2) is 0 Å². The van der Waals surface area contributed by atoms with Gasteiger partial charge < -0.3 is 10.1 Å². The van der Waals surface area contributed by atoms with Crippen LogP contribution >= 0.6 is 0 Å². The second-order valence-electron chi connectivity index (χ2n) is 4.43. The summed E-state index contributed by atoms with van der Waals surface area (Å²) in [5.41, 5.74) is 0. The molecule has 0 bridgehead atoms. The second kappa shape index (κ2) is 6.91. The van der Waals surface area contributed by atoms with Crippen molar-refractivity contribution in [2.75, 3.05) is 19.7 Å². The van der Waals surface area contributed by atoms with Crippen LogP contribution in [0, 0.1) is 5.92 Å². The van der Waals surface area contributed by atoms with Crippen LogP contribution in [0.3, 0.4) is 0 Å². The molecule has 106 valence electrons. The minimum absolute atomic E-state index is 0.131. The zero-order valence-corrected chi connectivity index (χ0v) is 11.5. The van der Waals surface area contributed by atoms with Crippen LogP contribution in [-0.4, -0.2) is 40.2 Å². The van der Waals surface area contributed by atoms with Crippen molar-refractivity contribution in [2.24, 2.45) is 5.92 Å². The Morgan fingerprint density at radius 2 is 2.17 bits per heavy atom. The highest BCUT2D eigenvalue weighted by Gasteiger charge is 2.21. The molecule has 1 saturated heterocycles. The van der Waals surface area contributed by atoms with Crippen molar-refractivity contribution in [3.8, 4) is 0 Å². The second-order valence-corrected chi connectivity index (χ2v) is 5.93. The largest absolute Gasteiger partial charge is 0.449 e. The molecule has 7 nitrogen and oxygen atoms in total. The maximum atomic E-state index is 11.5. The van der Waals surface area contributed by atoms with Gasteiger partial charge in [-0.05, 0) is 39.2 Å². The normalized spacial score (nSPS) is 24.6. The number of ether oxygens (including phenoxy) is 1. The Morgan fingerprint density at radius 1 is 1.44 bits per heavy atom. The molecular weight excluding hydrogens is 258 g/mol. The molecule has 18 heavy (non-hydrogen) atoms. The lowest BCUT2D eigenvalue weighted by Crippen LogP contribution is -2.46. The van der Waals surface area contributed by atoms with E-state index in [1.165, 1.54) is 0 Å². The van der Waals surface area contributed by atoms with Crippen LogP contribution in [0.15, 0.2) is 0 Å². The van der Waals surface area contributed by atoms with Crippen molar-refractivity contribution < 1.29 is 17.9 Å². The Hall–Kier alpha value is -0.860. The smallest absolute Gasteiger partial charge is 0.421 e. The fraction of sp³-hybridized carbons (Fsp3) is 0.900. The molecule has 1 aliphatic rings. The van der Waals surface area contributed by atoms with Gasteiger partial charge in [0.25, 0.3) is 0 Å². The van der Waals surface area contributed by atoms with E-state index in [0.717, 1.165) is 19.4 Å². The van der Waals surface area contributed by atoms with Gasteiger partial charge in [0, 0.05) is 12.6 Å². The Morgan fingerprint density at radius 3 is 2.72 bits per heavy atom. The molecule has 0 aromatic carbocycles. The molecule has 0 aromatic rings. The topological polar surface area (TPSA) is 96.5 Å². The molecule has 0 radical (unpaired) electrons. The van der Waals surface area contributed by atoms with Crippen molar-refractivity contribution in [2.45, 2.75) is 32.7 Å². The van der Waals surface area contributed by atoms with Crippen molar-refractivity contribution in [3.63, 3.8) is 0 Å². The summed E-state index contributed by atoms with van der Waals surface area (Å²) in [4.78, 5) is 11.0. The summed E-state index contributed by atoms with van der Waals surface area (Å²) in [5.74, 6) is 0.250. The van der Waals surface area contributed by atoms with Crippen LogP contribution < -0.4 is 14.8 Å². The summed E-state index contributed by atoms with van der Waals surface area (Å²) in [6.45, 7) is 4.93. The molecule has 2 atom stereocenters. The van der Waals surface area contributed by atoms with Crippen LogP contribution in [0.2, 0.25) is 0 Å². The lowest BCUT2D eigenvalue weighted by atomic mass is 9.96. The van der Waals surface area contributed by atoms with Gasteiger partial charge in [-0.2, -0.15) is 13.1 Å². The highest BCUT2D eigenvalue weighted by Crippen LogP contribution is 2.13. The molecular formula is C10H21N3O4S. The molecule has 0 spiro atoms. The van der Waals surface area contributed by atoms with E-state index in [1.54, 1.807) is 11.6 Å². The first-order valence-corrected chi connectivity index (χ1v) is 7.58. The third-order valence-electron chi connectivity index (χ3n) is 2.82. The van der Waals surface area contributed by atoms with Gasteiger partial charge in [0.05, 0.1) is 6.61 Å². The van der Waals surface area contributed by atoms with Crippen molar-refractivity contribution in [1.82, 2.24) is 14.8 Å². The van der Waals surface area contributed by atoms with Gasteiger partial charge in [-0.25, -0.2) is 9.52 Å². The van der Waals surface area contributed by atoms with E-state index in [9.17, 15) is 13.2 Å². The summed E-state index contributed by atoms with van der Waals surface area (Å²) >= 11 is 0. The Bertz CT molecular complexity index is 363. The molecule has 1 aliphatic heterocycles. The fourth-order valence-corrected chi connectivity index (χ4v) is 2.57. The quantitative estimate of drug-likeness (QED) is 0.656. The molecule has 0 aromatic heterocycles. The van der Waals surface area contributed by atoms with Crippen LogP contribution in [0.25, 0.3) is 0 Å². The number of carbonyl (C=O) groups excluding carboxylic acids is 1. The molecule has 0 aliphatic carbocycles. The molecule has 1 amide bonds. The lowest BCUT2D eigenvalue weighted by molar-refractivity contribution is 0.158. The average Bonchev–Trinajstić information content (AvgIpc) is 2.28. The zero-order chi connectivity index (χ0) is 13.6. The maximum Gasteiger partial charge on any atom is 0.421 e. The van der Waals surface area contributed by atoms with Gasteiger partial charge in [0.2, 0.25) is 0 Å². The monoisotopic (exact) mass is 279 g/mol. The van der Waals surface area contributed by atoms with E-state index in [2.05, 4.69) is 21.7 Å². The van der Waals surface area contributed by atoms with Crippen LogP contribution in [0.4, 0.5) is 4.79 Å². The molecule has 3 N–H and O–H groups in total. The molecule has 1 rings (SSSR count). The first-order valence-electron chi connectivity index (χ1n) is 6.10. The maximum absolute atomic E-state index is 11.5. The Balaban J connectivity index is 2.31. The zero-order valence-electron chi connectivity index (χ0n) is 10.7. The van der Waals surface area contributed by atoms with Crippen LogP contribution in [0.5, 0.6) is 0 Å². The fourth-order valence-electron chi connectivity index (χ4n) is 1.77. The number of hydrogen-bond donors (Lipinski definition) is 3. The van der Waals surface area contributed by atoms with Gasteiger partial charge in [-0.3, -0.25) is 0 Å². The van der Waals surface area contributed by atoms with E-state index in [4.69, 9.17) is 0 Å². The first kappa shape index (κ1) is 15.2. The molecule has 0 saturated carbocycles. The molecule has 1 heterocycles. The van der Waals surface area contributed by atoms with Gasteiger partial charge >= 0.3 is 16.3 Å². The minimum atomic E-state index is -3.82. The molecule has 8 heteroatoms. The predicted octanol–water partition coefficient (Wildman–Crippen LogP) is -0.0450. The highest BCUT2D eigenvalue weighted by atomic mass is 32.2. The number of amides is 1. The van der Waals surface area contributed by atoms with Crippen molar-refractivity contribution in [1.29, 1.82) is 0 Å². The Kier molecular flexibility index (Phi) is 5.83. The summed E-state index contributed by atoms with van der Waals surface area (Å²) in [6, 6.07) is 0.482. The van der Waals surface area contributed by atoms with Crippen molar-refractivity contribution >= 4 is 16.3 Å². The number of nitrogens with one attached hydrogen (secondary N) is 3. The predicted molar refractivity (Wildman–Crippen MR) is 67.3 cm³/mol. The number of piperidine rings is 1. The van der Waals surface area contributed by atoms with Crippen LogP contribution in [0.1, 0.15) is 26.7 Å². The van der Waals surface area contributed by atoms with E-state index in [0.29, 0.717) is 12.6 Å². The summed E-state index contributed by atoms with van der Waals surface area (Å²) in [5, 5.41) is 3.28. The average molecular weight is 279 g/mol. The standard InChI is InChI=1S/C10H21N3O4S/c1-3-17-10(14)13-18(15,16)12-7-9-5-4-8(2)11-6-9/h8-9,11-12H,3-7H2,1-2H3,(H,13,14). The molecule has 1 fully saturated rings. The minimum Gasteiger partial charge on any atom is -0.449 e. The number of carbonyl (C=O) groups is 1. The third kappa shape index (κ3) is 5.65. The Labute approximate surface area is 108 Å². The third-order valence-corrected chi connectivity index (χ3v) is 3.80. The van der Waals surface area contributed by atoms with Gasteiger partial charge in [-0.15, -0.1) is 0 Å². The van der Waals surface area contributed by atoms with E-state index in [-0.39, 0.29) is 12.5 Å². The first-order chi connectivity index (χ1) is 8.43. The van der Waals surface area contributed by atoms with Gasteiger partial charge in [0.1, 0.15) is 0 Å². The van der Waals surface area contributed by atoms with Crippen LogP contribution in [-0.2, 0) is 14.9 Å². The van der Waals surface area contributed by atoms with Gasteiger partial charge in [-0.1, -0.05) is 0 Å². The van der Waals surface area contributed by atoms with E-state index < -0.39 is 16.3 Å². The summed E-state index contributed by atoms with van der Waals surface area (Å²) < 4.78 is 31.6. The molecule has 2 unspecified atom stereocenters. The lowest BCUT2D eigenvalue weighted by Gasteiger charge is -2.27. The number of hydrogen-bond acceptors (Lipinski definition) is 5. The van der Waals surface area contributed by atoms with Crippen molar-refractivity contribution in [3.05, 3.63) is 0 Å². The number of rotatable bonds is 5. The van der Waals surface area contributed by atoms with E-state index in [1.807, 2.05) is 0 Å². The summed E-state index contributed by atoms with van der Waals surface area (Å²) in [6.07, 6.45) is 1.04. The summed E-state index contributed by atoms with van der Waals surface area (Å²) in [7, 11) is -3.82.